The predicted octanol–water partition coefficient (Wildman–Crippen LogP) is 1.65. The van der Waals surface area contributed by atoms with Gasteiger partial charge in [-0.2, -0.15) is 0 Å². The van der Waals surface area contributed by atoms with E-state index in [2.05, 4.69) is 9.97 Å². The highest BCUT2D eigenvalue weighted by Crippen LogP contribution is 2.23. The summed E-state index contributed by atoms with van der Waals surface area (Å²) in [6.45, 7) is 1.99. The third kappa shape index (κ3) is 1.57. The van der Waals surface area contributed by atoms with Gasteiger partial charge in [0.1, 0.15) is 0 Å². The van der Waals surface area contributed by atoms with E-state index in [4.69, 9.17) is 11.6 Å². The summed E-state index contributed by atoms with van der Waals surface area (Å²) in [5.74, 6) is 0.532. The Kier molecular flexibility index (Phi) is 2.37. The van der Waals surface area contributed by atoms with Crippen LogP contribution in [0.3, 0.4) is 0 Å². The Labute approximate surface area is 86.9 Å². The highest BCUT2D eigenvalue weighted by Gasteiger charge is 2.30. The first-order chi connectivity index (χ1) is 6.68. The molecule has 1 fully saturated rings. The van der Waals surface area contributed by atoms with Crippen LogP contribution < -0.4 is 4.90 Å². The van der Waals surface area contributed by atoms with E-state index in [0.29, 0.717) is 17.4 Å². The van der Waals surface area contributed by atoms with Crippen molar-refractivity contribution in [2.75, 3.05) is 4.90 Å². The predicted molar refractivity (Wildman–Crippen MR) is 53.2 cm³/mol. The molecule has 1 unspecified atom stereocenters. The van der Waals surface area contributed by atoms with Crippen LogP contribution in [0.5, 0.6) is 0 Å². The van der Waals surface area contributed by atoms with Crippen LogP contribution in [0.4, 0.5) is 5.95 Å². The summed E-state index contributed by atoms with van der Waals surface area (Å²) in [4.78, 5) is 21.2. The Morgan fingerprint density at radius 3 is 2.64 bits per heavy atom. The molecule has 14 heavy (non-hydrogen) atoms. The van der Waals surface area contributed by atoms with Crippen LogP contribution in [0.2, 0.25) is 5.02 Å². The van der Waals surface area contributed by atoms with Gasteiger partial charge in [0.05, 0.1) is 17.4 Å². The number of rotatable bonds is 1. The third-order valence-corrected chi connectivity index (χ3v) is 2.50. The minimum atomic E-state index is 0.0832. The fourth-order valence-corrected chi connectivity index (χ4v) is 1.66. The van der Waals surface area contributed by atoms with E-state index in [1.807, 2.05) is 6.92 Å². The summed E-state index contributed by atoms with van der Waals surface area (Å²) in [5, 5.41) is 0.480. The van der Waals surface area contributed by atoms with E-state index in [9.17, 15) is 4.79 Å². The van der Waals surface area contributed by atoms with Crippen molar-refractivity contribution >= 4 is 23.5 Å². The summed E-state index contributed by atoms with van der Waals surface area (Å²) in [5.41, 5.74) is 0. The van der Waals surface area contributed by atoms with Gasteiger partial charge >= 0.3 is 0 Å². The average Bonchev–Trinajstić information content (AvgIpc) is 2.49. The molecule has 1 aromatic rings. The van der Waals surface area contributed by atoms with Crippen LogP contribution in [-0.4, -0.2) is 21.9 Å². The molecule has 0 spiro atoms. The van der Waals surface area contributed by atoms with Crippen LogP contribution in [0, 0.1) is 0 Å². The van der Waals surface area contributed by atoms with Gasteiger partial charge in [0.25, 0.3) is 0 Å². The third-order valence-electron chi connectivity index (χ3n) is 2.31. The number of nitrogens with zero attached hydrogens (tertiary/aromatic N) is 3. The molecule has 0 saturated carbocycles. The zero-order chi connectivity index (χ0) is 10.1. The molecule has 4 nitrogen and oxygen atoms in total. The van der Waals surface area contributed by atoms with Gasteiger partial charge in [-0.1, -0.05) is 11.6 Å². The number of hydrogen-bond donors (Lipinski definition) is 0. The molecule has 1 atom stereocenters. The van der Waals surface area contributed by atoms with E-state index in [-0.39, 0.29) is 11.9 Å². The lowest BCUT2D eigenvalue weighted by atomic mass is 10.2. The summed E-state index contributed by atoms with van der Waals surface area (Å²) >= 11 is 5.66. The van der Waals surface area contributed by atoms with E-state index in [1.54, 1.807) is 4.90 Å². The maximum absolute atomic E-state index is 11.5. The molecule has 1 aliphatic rings. The first-order valence-corrected chi connectivity index (χ1v) is 4.86. The average molecular weight is 212 g/mol. The second-order valence-electron chi connectivity index (χ2n) is 3.35. The number of anilines is 1. The van der Waals surface area contributed by atoms with Gasteiger partial charge in [-0.25, -0.2) is 9.97 Å². The molecule has 0 bridgehead atoms. The quantitative estimate of drug-likeness (QED) is 0.710. The zero-order valence-corrected chi connectivity index (χ0v) is 8.53. The second-order valence-corrected chi connectivity index (χ2v) is 3.79. The van der Waals surface area contributed by atoms with E-state index in [0.717, 1.165) is 6.42 Å². The van der Waals surface area contributed by atoms with Crippen LogP contribution >= 0.6 is 11.6 Å². The van der Waals surface area contributed by atoms with E-state index < -0.39 is 0 Å². The number of aromatic nitrogens is 2. The van der Waals surface area contributed by atoms with Crippen molar-refractivity contribution in [2.45, 2.75) is 25.8 Å². The normalized spacial score (nSPS) is 21.7. The van der Waals surface area contributed by atoms with Crippen LogP contribution in [0.1, 0.15) is 19.8 Å². The topological polar surface area (TPSA) is 46.1 Å². The van der Waals surface area contributed by atoms with Crippen LogP contribution in [0.15, 0.2) is 12.4 Å². The SMILES string of the molecule is CC1CCC(=O)N1c1ncc(Cl)cn1. The fraction of sp³-hybridized carbons (Fsp3) is 0.444. The van der Waals surface area contributed by atoms with E-state index >= 15 is 0 Å². The molecular weight excluding hydrogens is 202 g/mol. The van der Waals surface area contributed by atoms with Crippen molar-refractivity contribution in [1.82, 2.24) is 9.97 Å². The molecule has 0 radical (unpaired) electrons. The van der Waals surface area contributed by atoms with Gasteiger partial charge in [-0.05, 0) is 13.3 Å². The Hall–Kier alpha value is -1.16. The smallest absolute Gasteiger partial charge is 0.232 e. The van der Waals surface area contributed by atoms with Crippen molar-refractivity contribution in [3.05, 3.63) is 17.4 Å². The maximum Gasteiger partial charge on any atom is 0.232 e. The van der Waals surface area contributed by atoms with E-state index in [1.165, 1.54) is 12.4 Å². The Bertz CT molecular complexity index is 352. The van der Waals surface area contributed by atoms with Crippen LogP contribution in [-0.2, 0) is 4.79 Å². The molecule has 2 rings (SSSR count). The first kappa shape index (κ1) is 9.40. The number of hydrogen-bond acceptors (Lipinski definition) is 3. The Morgan fingerprint density at radius 2 is 2.14 bits per heavy atom. The largest absolute Gasteiger partial charge is 0.278 e. The molecule has 0 aliphatic carbocycles. The number of halogens is 1. The Morgan fingerprint density at radius 1 is 1.50 bits per heavy atom. The molecular formula is C9H10ClN3O. The van der Waals surface area contributed by atoms with Gasteiger partial charge in [0.2, 0.25) is 11.9 Å². The second kappa shape index (κ2) is 3.53. The van der Waals surface area contributed by atoms with Gasteiger partial charge in [0.15, 0.2) is 0 Å². The monoisotopic (exact) mass is 211 g/mol. The van der Waals surface area contributed by atoms with Crippen molar-refractivity contribution in [1.29, 1.82) is 0 Å². The van der Waals surface area contributed by atoms with Crippen molar-refractivity contribution in [3.63, 3.8) is 0 Å². The fourth-order valence-electron chi connectivity index (χ4n) is 1.57. The molecule has 74 valence electrons. The number of carbonyl (C=O) groups excluding carboxylic acids is 1. The minimum absolute atomic E-state index is 0.0832. The number of carbonyl (C=O) groups is 1. The van der Waals surface area contributed by atoms with Gasteiger partial charge in [-0.3, -0.25) is 9.69 Å². The maximum atomic E-state index is 11.5. The minimum Gasteiger partial charge on any atom is -0.278 e. The molecule has 0 aromatic carbocycles. The summed E-state index contributed by atoms with van der Waals surface area (Å²) in [6.07, 6.45) is 4.45. The molecule has 5 heteroatoms. The molecule has 0 N–H and O–H groups in total. The summed E-state index contributed by atoms with van der Waals surface area (Å²) in [7, 11) is 0. The van der Waals surface area contributed by atoms with Gasteiger partial charge in [0, 0.05) is 12.5 Å². The van der Waals surface area contributed by atoms with Crippen molar-refractivity contribution in [2.24, 2.45) is 0 Å². The standard InChI is InChI=1S/C9H10ClN3O/c1-6-2-3-8(14)13(6)9-11-4-7(10)5-12-9/h4-6H,2-3H2,1H3. The molecule has 1 aromatic heterocycles. The lowest BCUT2D eigenvalue weighted by Gasteiger charge is -2.18. The van der Waals surface area contributed by atoms with Crippen molar-refractivity contribution < 1.29 is 4.79 Å². The molecule has 1 aliphatic heterocycles. The van der Waals surface area contributed by atoms with Crippen LogP contribution in [0.25, 0.3) is 0 Å². The highest BCUT2D eigenvalue weighted by atomic mass is 35.5. The summed E-state index contributed by atoms with van der Waals surface area (Å²) < 4.78 is 0. The van der Waals surface area contributed by atoms with Gasteiger partial charge in [-0.15, -0.1) is 0 Å². The lowest BCUT2D eigenvalue weighted by molar-refractivity contribution is -0.117. The summed E-state index contributed by atoms with van der Waals surface area (Å²) in [6, 6.07) is 0.184. The highest BCUT2D eigenvalue weighted by molar-refractivity contribution is 6.30. The first-order valence-electron chi connectivity index (χ1n) is 4.48. The van der Waals surface area contributed by atoms with Gasteiger partial charge < -0.3 is 0 Å². The number of amides is 1. The Balaban J connectivity index is 2.30. The zero-order valence-electron chi connectivity index (χ0n) is 7.77. The lowest BCUT2D eigenvalue weighted by Crippen LogP contribution is -2.32. The van der Waals surface area contributed by atoms with Crippen molar-refractivity contribution in [3.8, 4) is 0 Å². The molecule has 1 saturated heterocycles. The molecule has 1 amide bonds. The molecule has 2 heterocycles.